The monoisotopic (exact) mass is 342 g/mol. The highest BCUT2D eigenvalue weighted by atomic mass is 32.2. The fourth-order valence-electron chi connectivity index (χ4n) is 2.12. The van der Waals surface area contributed by atoms with Crippen LogP contribution < -0.4 is 10.5 Å². The van der Waals surface area contributed by atoms with Crippen molar-refractivity contribution in [2.24, 2.45) is 5.14 Å². The van der Waals surface area contributed by atoms with E-state index in [1.165, 1.54) is 6.07 Å². The molecule has 8 heteroatoms. The molecule has 0 unspecified atom stereocenters. The van der Waals surface area contributed by atoms with Gasteiger partial charge in [-0.25, -0.2) is 13.6 Å². The lowest BCUT2D eigenvalue weighted by Crippen LogP contribution is -2.43. The van der Waals surface area contributed by atoms with E-state index in [4.69, 9.17) is 10.2 Å². The SMILES string of the molecule is Cc1cc(C(=O)NC(C)(C)CCC(=O)O)cc(S(N)(=O)=O)c1C. The molecule has 0 heterocycles. The molecule has 4 N–H and O–H groups in total. The smallest absolute Gasteiger partial charge is 0.303 e. The van der Waals surface area contributed by atoms with Crippen LogP contribution in [0.3, 0.4) is 0 Å². The third-order valence-electron chi connectivity index (χ3n) is 3.60. The third kappa shape index (κ3) is 5.33. The number of rotatable bonds is 6. The highest BCUT2D eigenvalue weighted by molar-refractivity contribution is 7.89. The molecule has 0 bridgehead atoms. The Morgan fingerprint density at radius 1 is 1.26 bits per heavy atom. The van der Waals surface area contributed by atoms with E-state index in [2.05, 4.69) is 5.32 Å². The van der Waals surface area contributed by atoms with Gasteiger partial charge < -0.3 is 10.4 Å². The number of primary sulfonamides is 1. The largest absolute Gasteiger partial charge is 0.481 e. The lowest BCUT2D eigenvalue weighted by Gasteiger charge is -2.26. The van der Waals surface area contributed by atoms with Crippen LogP contribution in [0.2, 0.25) is 0 Å². The molecule has 0 aliphatic carbocycles. The zero-order valence-corrected chi connectivity index (χ0v) is 14.5. The Morgan fingerprint density at radius 3 is 2.30 bits per heavy atom. The molecule has 0 radical (unpaired) electrons. The topological polar surface area (TPSA) is 127 Å². The lowest BCUT2D eigenvalue weighted by molar-refractivity contribution is -0.137. The van der Waals surface area contributed by atoms with Gasteiger partial charge in [0.25, 0.3) is 5.91 Å². The van der Waals surface area contributed by atoms with Gasteiger partial charge >= 0.3 is 5.97 Å². The first-order valence-corrected chi connectivity index (χ1v) is 8.56. The van der Waals surface area contributed by atoms with Gasteiger partial charge in [-0.05, 0) is 57.4 Å². The van der Waals surface area contributed by atoms with Crippen molar-refractivity contribution in [2.45, 2.75) is 51.0 Å². The van der Waals surface area contributed by atoms with E-state index < -0.39 is 27.4 Å². The van der Waals surface area contributed by atoms with Crippen LogP contribution in [0.4, 0.5) is 0 Å². The number of carboxylic acid groups (broad SMARTS) is 1. The van der Waals surface area contributed by atoms with Crippen molar-refractivity contribution in [2.75, 3.05) is 0 Å². The summed E-state index contributed by atoms with van der Waals surface area (Å²) in [5.41, 5.74) is 0.551. The molecule has 1 amide bonds. The zero-order valence-electron chi connectivity index (χ0n) is 13.6. The molecular weight excluding hydrogens is 320 g/mol. The van der Waals surface area contributed by atoms with Crippen LogP contribution in [0.15, 0.2) is 17.0 Å². The number of sulfonamides is 1. The minimum Gasteiger partial charge on any atom is -0.481 e. The normalized spacial score (nSPS) is 12.0. The Morgan fingerprint density at radius 2 is 1.83 bits per heavy atom. The Balaban J connectivity index is 3.10. The minimum atomic E-state index is -3.93. The van der Waals surface area contributed by atoms with Crippen LogP contribution in [0, 0.1) is 13.8 Å². The summed E-state index contributed by atoms with van der Waals surface area (Å²) in [6, 6.07) is 2.81. The summed E-state index contributed by atoms with van der Waals surface area (Å²) in [5, 5.41) is 16.6. The molecule has 0 atom stereocenters. The molecule has 0 saturated heterocycles. The summed E-state index contributed by atoms with van der Waals surface area (Å²) in [5.74, 6) is -1.43. The van der Waals surface area contributed by atoms with Gasteiger partial charge in [0, 0.05) is 17.5 Å². The Hall–Kier alpha value is -1.93. The van der Waals surface area contributed by atoms with Crippen LogP contribution in [0.25, 0.3) is 0 Å². The van der Waals surface area contributed by atoms with E-state index in [1.54, 1.807) is 33.8 Å². The fraction of sp³-hybridized carbons (Fsp3) is 0.467. The summed E-state index contributed by atoms with van der Waals surface area (Å²) in [7, 11) is -3.93. The average Bonchev–Trinajstić information content (AvgIpc) is 2.37. The van der Waals surface area contributed by atoms with E-state index in [0.717, 1.165) is 0 Å². The summed E-state index contributed by atoms with van der Waals surface area (Å²) < 4.78 is 23.2. The standard InChI is InChI=1S/C15H22N2O5S/c1-9-7-11(8-12(10(9)2)23(16,21)22)14(20)17-15(3,4)6-5-13(18)19/h7-8H,5-6H2,1-4H3,(H,17,20)(H,18,19)(H2,16,21,22). The van der Waals surface area contributed by atoms with E-state index in [1.807, 2.05) is 0 Å². The predicted octanol–water partition coefficient (Wildman–Crippen LogP) is 1.32. The predicted molar refractivity (Wildman–Crippen MR) is 85.7 cm³/mol. The van der Waals surface area contributed by atoms with E-state index in [-0.39, 0.29) is 23.3 Å². The number of carboxylic acids is 1. The number of aliphatic carboxylic acids is 1. The Bertz CT molecular complexity index is 738. The molecule has 0 aromatic heterocycles. The number of nitrogens with two attached hydrogens (primary N) is 1. The van der Waals surface area contributed by atoms with Crippen LogP contribution in [-0.4, -0.2) is 30.9 Å². The van der Waals surface area contributed by atoms with Gasteiger partial charge in [-0.1, -0.05) is 0 Å². The van der Waals surface area contributed by atoms with Gasteiger partial charge in [0.1, 0.15) is 0 Å². The maximum Gasteiger partial charge on any atom is 0.303 e. The highest BCUT2D eigenvalue weighted by Gasteiger charge is 2.24. The van der Waals surface area contributed by atoms with Crippen molar-refractivity contribution in [3.05, 3.63) is 28.8 Å². The maximum atomic E-state index is 12.4. The van der Waals surface area contributed by atoms with Gasteiger partial charge in [0.2, 0.25) is 10.0 Å². The van der Waals surface area contributed by atoms with Gasteiger partial charge in [-0.15, -0.1) is 0 Å². The first kappa shape index (κ1) is 19.1. The molecule has 7 nitrogen and oxygen atoms in total. The van der Waals surface area contributed by atoms with Gasteiger partial charge in [-0.3, -0.25) is 9.59 Å². The minimum absolute atomic E-state index is 0.0807. The van der Waals surface area contributed by atoms with Crippen molar-refractivity contribution < 1.29 is 23.1 Å². The van der Waals surface area contributed by atoms with Gasteiger partial charge in [0.15, 0.2) is 0 Å². The zero-order chi connectivity index (χ0) is 18.0. The molecule has 1 rings (SSSR count). The molecule has 0 aliphatic heterocycles. The Labute approximate surface area is 135 Å². The number of amides is 1. The molecule has 1 aromatic rings. The molecule has 128 valence electrons. The van der Waals surface area contributed by atoms with Gasteiger partial charge in [0.05, 0.1) is 4.90 Å². The fourth-order valence-corrected chi connectivity index (χ4v) is 2.99. The second-order valence-electron chi connectivity index (χ2n) is 6.19. The number of hydrogen-bond acceptors (Lipinski definition) is 4. The Kier molecular flexibility index (Phi) is 5.55. The summed E-state index contributed by atoms with van der Waals surface area (Å²) in [6.07, 6.45) is 0.170. The van der Waals surface area contributed by atoms with Crippen molar-refractivity contribution >= 4 is 21.9 Å². The first-order valence-electron chi connectivity index (χ1n) is 7.02. The molecular formula is C15H22N2O5S. The van der Waals surface area contributed by atoms with Crippen LogP contribution in [-0.2, 0) is 14.8 Å². The number of hydrogen-bond donors (Lipinski definition) is 3. The lowest BCUT2D eigenvalue weighted by atomic mass is 9.97. The van der Waals surface area contributed by atoms with Crippen LogP contribution >= 0.6 is 0 Å². The van der Waals surface area contributed by atoms with Crippen molar-refractivity contribution in [3.63, 3.8) is 0 Å². The number of nitrogens with one attached hydrogen (secondary N) is 1. The second-order valence-corrected chi connectivity index (χ2v) is 7.72. The van der Waals surface area contributed by atoms with Crippen molar-refractivity contribution in [1.29, 1.82) is 0 Å². The molecule has 0 spiro atoms. The average molecular weight is 342 g/mol. The van der Waals surface area contributed by atoms with E-state index in [0.29, 0.717) is 11.1 Å². The molecule has 1 aromatic carbocycles. The van der Waals surface area contributed by atoms with E-state index >= 15 is 0 Å². The van der Waals surface area contributed by atoms with E-state index in [9.17, 15) is 18.0 Å². The molecule has 0 aliphatic rings. The van der Waals surface area contributed by atoms with Crippen molar-refractivity contribution in [1.82, 2.24) is 5.32 Å². The molecule has 0 fully saturated rings. The third-order valence-corrected chi connectivity index (χ3v) is 4.64. The highest BCUT2D eigenvalue weighted by Crippen LogP contribution is 2.21. The van der Waals surface area contributed by atoms with Crippen molar-refractivity contribution in [3.8, 4) is 0 Å². The maximum absolute atomic E-state index is 12.4. The quantitative estimate of drug-likeness (QED) is 0.718. The van der Waals surface area contributed by atoms with Gasteiger partial charge in [-0.2, -0.15) is 0 Å². The molecule has 0 saturated carbocycles. The summed E-state index contributed by atoms with van der Waals surface area (Å²) in [6.45, 7) is 6.72. The second kappa shape index (κ2) is 6.67. The number of carbonyl (C=O) groups is 2. The first-order chi connectivity index (χ1) is 10.3. The van der Waals surface area contributed by atoms with Crippen LogP contribution in [0.1, 0.15) is 48.2 Å². The van der Waals surface area contributed by atoms with Crippen LogP contribution in [0.5, 0.6) is 0 Å². The number of aryl methyl sites for hydroxylation is 1. The number of carbonyl (C=O) groups excluding carboxylic acids is 1. The number of benzene rings is 1. The summed E-state index contributed by atoms with van der Waals surface area (Å²) >= 11 is 0. The summed E-state index contributed by atoms with van der Waals surface area (Å²) in [4.78, 5) is 22.9. The molecule has 23 heavy (non-hydrogen) atoms.